The summed E-state index contributed by atoms with van der Waals surface area (Å²) in [5.74, 6) is -0.558. The SMILES string of the molecule is Cl.Fc1cc(F)cc(CNC2=NC(c3ccccc3)C(c3ccccc3)N2)c1. The number of nitrogens with one attached hydrogen (secondary N) is 2. The number of hydrogen-bond acceptors (Lipinski definition) is 3. The molecule has 2 atom stereocenters. The maximum Gasteiger partial charge on any atom is 0.192 e. The zero-order chi connectivity index (χ0) is 18.6. The summed E-state index contributed by atoms with van der Waals surface area (Å²) < 4.78 is 26.8. The molecule has 3 nitrogen and oxygen atoms in total. The predicted octanol–water partition coefficient (Wildman–Crippen LogP) is 4.92. The second-order valence-electron chi connectivity index (χ2n) is 6.50. The molecule has 0 fully saturated rings. The van der Waals surface area contributed by atoms with Gasteiger partial charge in [0, 0.05) is 12.6 Å². The highest BCUT2D eigenvalue weighted by Gasteiger charge is 2.31. The zero-order valence-electron chi connectivity index (χ0n) is 15.0. The molecule has 0 saturated heterocycles. The fourth-order valence-electron chi connectivity index (χ4n) is 3.32. The van der Waals surface area contributed by atoms with E-state index in [1.54, 1.807) is 0 Å². The van der Waals surface area contributed by atoms with Crippen molar-refractivity contribution in [3.63, 3.8) is 0 Å². The summed E-state index contributed by atoms with van der Waals surface area (Å²) in [6.45, 7) is 0.281. The molecule has 1 heterocycles. The fraction of sp³-hybridized carbons (Fsp3) is 0.136. The molecule has 3 aromatic carbocycles. The number of hydrogen-bond donors (Lipinski definition) is 2. The van der Waals surface area contributed by atoms with Gasteiger partial charge in [-0.15, -0.1) is 12.4 Å². The van der Waals surface area contributed by atoms with E-state index in [0.717, 1.165) is 17.2 Å². The highest BCUT2D eigenvalue weighted by atomic mass is 35.5. The van der Waals surface area contributed by atoms with E-state index in [1.807, 2.05) is 36.4 Å². The second-order valence-corrected chi connectivity index (χ2v) is 6.50. The Kier molecular flexibility index (Phi) is 6.26. The van der Waals surface area contributed by atoms with Gasteiger partial charge >= 0.3 is 0 Å². The van der Waals surface area contributed by atoms with Crippen LogP contribution in [0.5, 0.6) is 0 Å². The van der Waals surface area contributed by atoms with Crippen molar-refractivity contribution >= 4 is 18.4 Å². The van der Waals surface area contributed by atoms with Crippen LogP contribution in [0.4, 0.5) is 8.78 Å². The van der Waals surface area contributed by atoms with Crippen molar-refractivity contribution in [2.45, 2.75) is 18.6 Å². The molecule has 144 valence electrons. The van der Waals surface area contributed by atoms with Gasteiger partial charge in [0.05, 0.1) is 6.04 Å². The summed E-state index contributed by atoms with van der Waals surface area (Å²) in [5, 5.41) is 6.56. The Morgan fingerprint density at radius 1 is 0.821 bits per heavy atom. The van der Waals surface area contributed by atoms with Gasteiger partial charge in [-0.25, -0.2) is 13.8 Å². The molecule has 0 aliphatic carbocycles. The summed E-state index contributed by atoms with van der Waals surface area (Å²) in [6.07, 6.45) is 0. The van der Waals surface area contributed by atoms with Crippen molar-refractivity contribution in [3.8, 4) is 0 Å². The van der Waals surface area contributed by atoms with Crippen molar-refractivity contribution in [1.29, 1.82) is 0 Å². The lowest BCUT2D eigenvalue weighted by Gasteiger charge is -2.19. The molecule has 0 saturated carbocycles. The third-order valence-corrected chi connectivity index (χ3v) is 4.56. The van der Waals surface area contributed by atoms with E-state index in [2.05, 4.69) is 34.9 Å². The largest absolute Gasteiger partial charge is 0.352 e. The van der Waals surface area contributed by atoms with Crippen LogP contribution in [-0.2, 0) is 6.54 Å². The summed E-state index contributed by atoms with van der Waals surface area (Å²) in [6, 6.07) is 23.6. The van der Waals surface area contributed by atoms with Gasteiger partial charge in [-0.2, -0.15) is 0 Å². The Bertz CT molecular complexity index is 928. The van der Waals surface area contributed by atoms with Gasteiger partial charge in [-0.3, -0.25) is 0 Å². The Morgan fingerprint density at radius 2 is 1.39 bits per heavy atom. The number of benzene rings is 3. The first-order valence-electron chi connectivity index (χ1n) is 8.82. The Morgan fingerprint density at radius 3 is 2.00 bits per heavy atom. The molecule has 0 bridgehead atoms. The number of guanidine groups is 1. The minimum absolute atomic E-state index is 0. The lowest BCUT2D eigenvalue weighted by molar-refractivity contribution is 0.569. The van der Waals surface area contributed by atoms with E-state index in [4.69, 9.17) is 4.99 Å². The third-order valence-electron chi connectivity index (χ3n) is 4.56. The molecule has 28 heavy (non-hydrogen) atoms. The molecule has 1 aliphatic rings. The van der Waals surface area contributed by atoms with Gasteiger partial charge < -0.3 is 10.6 Å². The van der Waals surface area contributed by atoms with Crippen LogP contribution in [0.3, 0.4) is 0 Å². The van der Waals surface area contributed by atoms with E-state index in [1.165, 1.54) is 12.1 Å². The van der Waals surface area contributed by atoms with Crippen LogP contribution in [0.15, 0.2) is 83.9 Å². The van der Waals surface area contributed by atoms with Gasteiger partial charge in [0.2, 0.25) is 0 Å². The van der Waals surface area contributed by atoms with Crippen LogP contribution in [-0.4, -0.2) is 5.96 Å². The van der Waals surface area contributed by atoms with Crippen LogP contribution < -0.4 is 10.6 Å². The van der Waals surface area contributed by atoms with Crippen LogP contribution in [0, 0.1) is 11.6 Å². The van der Waals surface area contributed by atoms with Crippen molar-refractivity contribution in [1.82, 2.24) is 10.6 Å². The molecule has 0 spiro atoms. The molecule has 1 aliphatic heterocycles. The molecule has 4 rings (SSSR count). The Labute approximate surface area is 168 Å². The normalized spacial score (nSPS) is 18.0. The first-order valence-corrected chi connectivity index (χ1v) is 8.82. The van der Waals surface area contributed by atoms with Crippen LogP contribution in [0.1, 0.15) is 28.8 Å². The summed E-state index contributed by atoms with van der Waals surface area (Å²) in [5.41, 5.74) is 2.76. The maximum atomic E-state index is 13.4. The number of aliphatic imine (C=N–C) groups is 1. The zero-order valence-corrected chi connectivity index (χ0v) is 15.8. The van der Waals surface area contributed by atoms with Gasteiger partial charge in [0.1, 0.15) is 17.7 Å². The van der Waals surface area contributed by atoms with Crippen LogP contribution in [0.2, 0.25) is 0 Å². The van der Waals surface area contributed by atoms with Crippen molar-refractivity contribution in [2.75, 3.05) is 0 Å². The molecule has 0 amide bonds. The lowest BCUT2D eigenvalue weighted by atomic mass is 9.95. The van der Waals surface area contributed by atoms with E-state index in [-0.39, 0.29) is 31.0 Å². The lowest BCUT2D eigenvalue weighted by Crippen LogP contribution is -2.35. The highest BCUT2D eigenvalue weighted by molar-refractivity contribution is 5.85. The summed E-state index contributed by atoms with van der Waals surface area (Å²) in [7, 11) is 0. The fourth-order valence-corrected chi connectivity index (χ4v) is 3.32. The van der Waals surface area contributed by atoms with Crippen molar-refractivity contribution in [2.24, 2.45) is 4.99 Å². The minimum Gasteiger partial charge on any atom is -0.352 e. The molecular weight excluding hydrogens is 380 g/mol. The first kappa shape index (κ1) is 19.8. The van der Waals surface area contributed by atoms with Crippen molar-refractivity contribution in [3.05, 3.63) is 107 Å². The van der Waals surface area contributed by atoms with Crippen LogP contribution >= 0.6 is 12.4 Å². The smallest absolute Gasteiger partial charge is 0.192 e. The monoisotopic (exact) mass is 399 g/mol. The van der Waals surface area contributed by atoms with Gasteiger partial charge in [0.15, 0.2) is 5.96 Å². The minimum atomic E-state index is -0.586. The van der Waals surface area contributed by atoms with E-state index in [0.29, 0.717) is 11.5 Å². The molecular formula is C22H20ClF2N3. The Balaban J connectivity index is 0.00000225. The quantitative estimate of drug-likeness (QED) is 0.653. The van der Waals surface area contributed by atoms with Gasteiger partial charge in [-0.05, 0) is 28.8 Å². The molecule has 2 unspecified atom stereocenters. The van der Waals surface area contributed by atoms with E-state index in [9.17, 15) is 8.78 Å². The molecule has 2 N–H and O–H groups in total. The van der Waals surface area contributed by atoms with Gasteiger partial charge in [0.25, 0.3) is 0 Å². The highest BCUT2D eigenvalue weighted by Crippen LogP contribution is 2.35. The predicted molar refractivity (Wildman–Crippen MR) is 109 cm³/mol. The average molecular weight is 400 g/mol. The topological polar surface area (TPSA) is 36.4 Å². The molecule has 3 aromatic rings. The average Bonchev–Trinajstić information content (AvgIpc) is 3.11. The summed E-state index contributed by atoms with van der Waals surface area (Å²) in [4.78, 5) is 4.78. The molecule has 0 radical (unpaired) electrons. The van der Waals surface area contributed by atoms with Gasteiger partial charge in [-0.1, -0.05) is 60.7 Å². The molecule has 6 heteroatoms. The first-order chi connectivity index (χ1) is 13.2. The van der Waals surface area contributed by atoms with Crippen molar-refractivity contribution < 1.29 is 8.78 Å². The number of rotatable bonds is 4. The maximum absolute atomic E-state index is 13.4. The second kappa shape index (κ2) is 8.85. The van der Waals surface area contributed by atoms with Crippen LogP contribution in [0.25, 0.3) is 0 Å². The summed E-state index contributed by atoms with van der Waals surface area (Å²) >= 11 is 0. The molecule has 0 aromatic heterocycles. The van der Waals surface area contributed by atoms with E-state index < -0.39 is 11.6 Å². The van der Waals surface area contributed by atoms with E-state index >= 15 is 0 Å². The number of halogens is 3. The standard InChI is InChI=1S/C22H19F2N3.ClH/c23-18-11-15(12-19(24)13-18)14-25-22-26-20(16-7-3-1-4-8-16)21(27-22)17-9-5-2-6-10-17;/h1-13,20-21H,14H2,(H2,25,26,27);1H. The number of nitrogens with zero attached hydrogens (tertiary/aromatic N) is 1. The third kappa shape index (κ3) is 4.49. The Hall–Kier alpha value is -2.92.